The van der Waals surface area contributed by atoms with Gasteiger partial charge in [0, 0.05) is 50.4 Å². The lowest BCUT2D eigenvalue weighted by Gasteiger charge is -2.32. The Labute approximate surface area is 545 Å². The molecule has 34 heteroatoms. The number of rotatable bonds is 14. The zero-order chi connectivity index (χ0) is 67.9. The Bertz CT molecular complexity index is 5770. The van der Waals surface area contributed by atoms with Crippen LogP contribution in [-0.2, 0) is 51.9 Å². The van der Waals surface area contributed by atoms with E-state index in [2.05, 4.69) is 81.0 Å². The van der Waals surface area contributed by atoms with Crippen molar-refractivity contribution in [1.82, 2.24) is 80.7 Å². The number of hydrogen-bond donors (Lipinski definition) is 10. The maximum atomic E-state index is 13.6. The van der Waals surface area contributed by atoms with Gasteiger partial charge in [0.2, 0.25) is 0 Å². The van der Waals surface area contributed by atoms with Crippen LogP contribution in [0.2, 0.25) is 0 Å². The molecule has 4 amide bonds. The molecular weight excluding hydrogens is 1270 g/mol. The molecule has 0 spiro atoms. The topological polar surface area (TPSA) is 487 Å². The van der Waals surface area contributed by atoms with E-state index in [0.717, 1.165) is 64.4 Å². The minimum absolute atomic E-state index is 0.0149. The molecule has 2 aliphatic carbocycles. The number of benzene rings is 4. The lowest BCUT2D eigenvalue weighted by Crippen LogP contribution is -2.44. The summed E-state index contributed by atoms with van der Waals surface area (Å²) in [6.45, 7) is 2.10. The molecule has 16 rings (SSSR count). The molecule has 0 saturated carbocycles. The maximum absolute atomic E-state index is 13.6. The molecule has 2 aliphatic heterocycles. The van der Waals surface area contributed by atoms with Gasteiger partial charge >= 0.3 is 22.9 Å². The molecule has 2 atom stereocenters. The molecule has 0 saturated heterocycles. The minimum atomic E-state index is -0.694. The number of aromatic amines is 4. The van der Waals surface area contributed by atoms with Crippen LogP contribution in [0.15, 0.2) is 132 Å². The minimum Gasteiger partial charge on any atom is -0.394 e. The summed E-state index contributed by atoms with van der Waals surface area (Å²) < 4.78 is 11.2. The fourth-order valence-corrected chi connectivity index (χ4v) is 13.2. The van der Waals surface area contributed by atoms with Gasteiger partial charge in [-0.1, -0.05) is 71.0 Å². The molecule has 8 heterocycles. The fraction of sp³-hybridized carbons (Fsp3) is 0.219. The Morgan fingerprint density at radius 3 is 1.40 bits per heavy atom. The largest absolute Gasteiger partial charge is 0.439 e. The van der Waals surface area contributed by atoms with Crippen LogP contribution in [0.25, 0.3) is 34.3 Å². The Hall–Kier alpha value is -13.3. The third-order valence-electron chi connectivity index (χ3n) is 18.1. The molecule has 34 nitrogen and oxygen atoms in total. The SMILES string of the molecule is Nc1c(N2CCc3ccc(CNC(=O)c4cc(C(=O)N[C@H]5CCc6cc(-c7noc(=O)[nH]7)ccc65)n5c(=O)[nH]nc5n4)cc3C2)c(=O)c1=O.Nc1c(N2CCc3ccc(CNC(=O)c4cc(C(=O)N[C@H]5CCc6cc(-c7noc(=O)[nH]7)ccc65)nc5n[nH]c(=O)n45)cc3C2)c(=O)c1=O. The van der Waals surface area contributed by atoms with Crippen molar-refractivity contribution < 1.29 is 28.2 Å². The maximum Gasteiger partial charge on any atom is 0.439 e. The average Bonchev–Trinajstić information content (AvgIpc) is 1.08. The summed E-state index contributed by atoms with van der Waals surface area (Å²) in [5.74, 6) is -3.39. The molecule has 0 fully saturated rings. The van der Waals surface area contributed by atoms with E-state index < -0.39 is 68.2 Å². The highest BCUT2D eigenvalue weighted by Gasteiger charge is 2.32. The Kier molecular flexibility index (Phi) is 14.9. The molecule has 12 N–H and O–H groups in total. The first kappa shape index (κ1) is 60.9. The van der Waals surface area contributed by atoms with E-state index in [4.69, 9.17) is 11.5 Å². The first-order valence-corrected chi connectivity index (χ1v) is 30.7. The molecule has 0 radical (unpaired) electrons. The summed E-state index contributed by atoms with van der Waals surface area (Å²) in [6, 6.07) is 24.2. The van der Waals surface area contributed by atoms with Crippen LogP contribution in [0.3, 0.4) is 0 Å². The highest BCUT2D eigenvalue weighted by atomic mass is 16.5. The second-order valence-corrected chi connectivity index (χ2v) is 24.0. The molecule has 492 valence electrons. The van der Waals surface area contributed by atoms with Crippen LogP contribution in [-0.4, -0.2) is 96.2 Å². The van der Waals surface area contributed by atoms with Gasteiger partial charge in [-0.3, -0.25) is 57.4 Å². The molecule has 6 aromatic heterocycles. The summed E-state index contributed by atoms with van der Waals surface area (Å²) in [5.41, 5.74) is 18.3. The number of anilines is 4. The van der Waals surface area contributed by atoms with E-state index in [9.17, 15) is 57.5 Å². The van der Waals surface area contributed by atoms with Gasteiger partial charge < -0.3 is 42.5 Å². The standard InChI is InChI=1S/2C32H26N10O7/c33-23-24(26(44)25(23)43)41-8-7-15-2-1-14(9-18(15)13-41)12-34-29(46)22-11-21(36-30-38-39-31(47)42(22)30)28(45)35-20-6-4-16-10-17(3-5-19(16)20)27-37-32(48)49-40-27;33-23-24(26(44)25(23)43)41-8-7-15-2-1-14(9-18(15)13-41)12-34-28(45)21-11-22(42-30(36-21)38-39-31(42)47)29(46)35-20-6-4-16-10-17(3-5-19(16)20)27-37-32(48)49-40-27/h1-3,5,9-11,20H,4,6-8,12-13,33H2,(H,34,46)(H,35,45)(H,39,47)(H,37,40,48);1-3,5,9-11,20H,4,6-8,12-13,33H2,(H,34,45)(H,35,46)(H,39,47)(H,37,40,48)/t2*20-/m00/s1. The van der Waals surface area contributed by atoms with Gasteiger partial charge in [-0.05, 0) is 118 Å². The second-order valence-electron chi connectivity index (χ2n) is 24.0. The number of carbonyl (C=O) groups excluding carboxylic acids is 4. The van der Waals surface area contributed by atoms with Crippen molar-refractivity contribution in [2.75, 3.05) is 34.4 Å². The number of carbonyl (C=O) groups is 4. The predicted octanol–water partition coefficient (Wildman–Crippen LogP) is -0.302. The number of aromatic nitrogens is 12. The Balaban J connectivity index is 0.000000160. The van der Waals surface area contributed by atoms with Gasteiger partial charge in [-0.2, -0.15) is 0 Å². The summed E-state index contributed by atoms with van der Waals surface area (Å²) in [4.78, 5) is 166. The van der Waals surface area contributed by atoms with E-state index in [1.807, 2.05) is 60.7 Å². The van der Waals surface area contributed by atoms with Crippen LogP contribution < -0.4 is 87.1 Å². The van der Waals surface area contributed by atoms with E-state index in [-0.39, 0.29) is 82.3 Å². The van der Waals surface area contributed by atoms with Crippen molar-refractivity contribution in [1.29, 1.82) is 0 Å². The summed E-state index contributed by atoms with van der Waals surface area (Å²) >= 11 is 0. The van der Waals surface area contributed by atoms with Gasteiger partial charge in [0.25, 0.3) is 56.9 Å². The van der Waals surface area contributed by atoms with Gasteiger partial charge in [0.1, 0.15) is 45.5 Å². The third-order valence-corrected chi connectivity index (χ3v) is 18.1. The van der Waals surface area contributed by atoms with Gasteiger partial charge in [0.05, 0.1) is 12.1 Å². The average molecular weight is 1330 g/mol. The van der Waals surface area contributed by atoms with Crippen LogP contribution in [0.5, 0.6) is 0 Å². The van der Waals surface area contributed by atoms with Gasteiger partial charge in [-0.25, -0.2) is 48.1 Å². The molecule has 0 unspecified atom stereocenters. The Morgan fingerprint density at radius 1 is 0.490 bits per heavy atom. The monoisotopic (exact) mass is 1320 g/mol. The molecule has 12 aromatic rings. The normalized spacial score (nSPS) is 15.3. The van der Waals surface area contributed by atoms with E-state index in [1.54, 1.807) is 21.9 Å². The fourth-order valence-electron chi connectivity index (χ4n) is 13.2. The lowest BCUT2D eigenvalue weighted by molar-refractivity contribution is 0.0918. The predicted molar refractivity (Wildman–Crippen MR) is 346 cm³/mol. The zero-order valence-electron chi connectivity index (χ0n) is 51.1. The zero-order valence-corrected chi connectivity index (χ0v) is 51.1. The first-order chi connectivity index (χ1) is 47.3. The Morgan fingerprint density at radius 2 is 0.939 bits per heavy atom. The van der Waals surface area contributed by atoms with Crippen LogP contribution in [0.1, 0.15) is 123 Å². The van der Waals surface area contributed by atoms with Crippen LogP contribution >= 0.6 is 0 Å². The van der Waals surface area contributed by atoms with Crippen molar-refractivity contribution in [3.05, 3.63) is 246 Å². The van der Waals surface area contributed by atoms with E-state index >= 15 is 0 Å². The number of nitrogens with zero attached hydrogens (tertiary/aromatic N) is 10. The number of H-pyrrole nitrogens is 4. The van der Waals surface area contributed by atoms with E-state index in [1.165, 1.54) is 12.1 Å². The highest BCUT2D eigenvalue weighted by molar-refractivity contribution is 5.99. The molecule has 0 bridgehead atoms. The van der Waals surface area contributed by atoms with Crippen LogP contribution in [0, 0.1) is 0 Å². The summed E-state index contributed by atoms with van der Waals surface area (Å²) in [5, 5.41) is 31.3. The van der Waals surface area contributed by atoms with Crippen molar-refractivity contribution in [3.8, 4) is 22.8 Å². The molecular formula is C64H52N20O14. The van der Waals surface area contributed by atoms with Crippen molar-refractivity contribution in [3.63, 3.8) is 0 Å². The number of nitrogen functional groups attached to an aromatic ring is 2. The number of nitrogens with two attached hydrogens (primary N) is 2. The molecule has 98 heavy (non-hydrogen) atoms. The number of amides is 4. The first-order valence-electron chi connectivity index (χ1n) is 30.7. The molecule has 4 aliphatic rings. The van der Waals surface area contributed by atoms with Gasteiger partial charge in [0.15, 0.2) is 11.6 Å². The summed E-state index contributed by atoms with van der Waals surface area (Å²) in [6.07, 6.45) is 3.81. The number of aryl methyl sites for hydroxylation is 2. The molecule has 6 aromatic carbocycles. The second kappa shape index (κ2) is 23.9. The number of fused-ring (bicyclic) bond motifs is 6. The number of nitrogens with one attached hydrogen (secondary N) is 8. The third kappa shape index (κ3) is 10.9. The van der Waals surface area contributed by atoms with Crippen molar-refractivity contribution >= 4 is 57.9 Å². The quantitative estimate of drug-likeness (QED) is 0.0625. The highest BCUT2D eigenvalue weighted by Crippen LogP contribution is 2.36. The van der Waals surface area contributed by atoms with Gasteiger partial charge in [-0.15, -0.1) is 10.2 Å². The lowest BCUT2D eigenvalue weighted by atomic mass is 9.96. The van der Waals surface area contributed by atoms with Crippen LogP contribution in [0.4, 0.5) is 22.7 Å². The summed E-state index contributed by atoms with van der Waals surface area (Å²) in [7, 11) is 0. The van der Waals surface area contributed by atoms with Crippen molar-refractivity contribution in [2.45, 2.75) is 76.8 Å². The van der Waals surface area contributed by atoms with E-state index in [0.29, 0.717) is 87.5 Å². The number of hydrogen-bond acceptors (Lipinski definition) is 24. The smallest absolute Gasteiger partial charge is 0.394 e. The van der Waals surface area contributed by atoms with Crippen molar-refractivity contribution in [2.24, 2.45) is 0 Å².